The zero-order chi connectivity index (χ0) is 27.2. The van der Waals surface area contributed by atoms with Gasteiger partial charge >= 0.3 is 0 Å². The Morgan fingerprint density at radius 1 is 1.23 bits per heavy atom. The van der Waals surface area contributed by atoms with Crippen LogP contribution in [0.3, 0.4) is 0 Å². The topological polar surface area (TPSA) is 99.5 Å². The number of rotatable bonds is 6. The number of phenols is 1. The number of nitrogens with zero attached hydrogens (tertiary/aromatic N) is 2. The second kappa shape index (κ2) is 8.46. The number of hydrogen-bond acceptors (Lipinski definition) is 6. The molecule has 8 heteroatoms. The van der Waals surface area contributed by atoms with E-state index < -0.39 is 17.1 Å². The molecule has 2 bridgehead atoms. The van der Waals surface area contributed by atoms with Crippen molar-refractivity contribution in [1.29, 1.82) is 0 Å². The van der Waals surface area contributed by atoms with E-state index in [2.05, 4.69) is 0 Å². The molecule has 1 amide bonds. The summed E-state index contributed by atoms with van der Waals surface area (Å²) in [4.78, 5) is 15.2. The number of aromatic hydroxyl groups is 1. The van der Waals surface area contributed by atoms with Gasteiger partial charge in [-0.2, -0.15) is 4.65 Å². The quantitative estimate of drug-likeness (QED) is 0.389. The first-order chi connectivity index (χ1) is 18.7. The van der Waals surface area contributed by atoms with E-state index in [4.69, 9.17) is 9.47 Å². The van der Waals surface area contributed by atoms with Crippen molar-refractivity contribution in [1.82, 2.24) is 4.90 Å². The zero-order valence-electron chi connectivity index (χ0n) is 22.5. The van der Waals surface area contributed by atoms with Crippen molar-refractivity contribution in [2.45, 2.75) is 67.7 Å². The standard InChI is InChI=1S/C31H36N2O6/c1-32(26(35)11-8-19-4-3-5-22(16-19)38-2)23-12-13-31(36)25-17-21-9-10-24(34)28-27(21)30(31,29(23)39-28)14-15-33(25,37)18-20-6-7-20/h3-5,8-11,16,20,23,25,29,36-37H,6-7,12-15,17-18H2,1-2H3/p+1/b11-8+/t23-,25+,29+,30+,31-,33?/m1/s1. The molecule has 1 spiro atoms. The van der Waals surface area contributed by atoms with Gasteiger partial charge in [0.2, 0.25) is 5.91 Å². The van der Waals surface area contributed by atoms with Crippen molar-refractivity contribution in [3.63, 3.8) is 0 Å². The van der Waals surface area contributed by atoms with Crippen LogP contribution in [0.2, 0.25) is 0 Å². The van der Waals surface area contributed by atoms with E-state index in [9.17, 15) is 20.2 Å². The molecule has 3 fully saturated rings. The van der Waals surface area contributed by atoms with Gasteiger partial charge in [0.15, 0.2) is 17.5 Å². The summed E-state index contributed by atoms with van der Waals surface area (Å²) in [6.45, 7) is 1.20. The Hall–Kier alpha value is -3.07. The van der Waals surface area contributed by atoms with Gasteiger partial charge in [0.25, 0.3) is 0 Å². The van der Waals surface area contributed by atoms with Gasteiger partial charge in [-0.05, 0) is 61.1 Å². The average Bonchev–Trinajstić information content (AvgIpc) is 3.66. The number of benzene rings is 2. The van der Waals surface area contributed by atoms with Crippen LogP contribution in [-0.4, -0.2) is 81.9 Å². The largest absolute Gasteiger partial charge is 0.504 e. The predicted molar refractivity (Wildman–Crippen MR) is 144 cm³/mol. The third-order valence-electron chi connectivity index (χ3n) is 10.4. The first-order valence-corrected chi connectivity index (χ1v) is 14.1. The van der Waals surface area contributed by atoms with Gasteiger partial charge in [0.05, 0.1) is 18.6 Å². The highest BCUT2D eigenvalue weighted by atomic mass is 16.6. The van der Waals surface area contributed by atoms with E-state index in [1.807, 2.05) is 30.3 Å². The fourth-order valence-electron chi connectivity index (χ4n) is 8.35. The SMILES string of the molecule is COc1cccc(/C=C/C(=O)N(C)[C@@H]2CC[C@@]3(O)[C@@H]4Cc5ccc(O)c6c5[C@@]3(CC[N+]4(O)CC3CC3)[C@H]2O6)c1. The minimum absolute atomic E-state index is 0.0669. The first-order valence-electron chi connectivity index (χ1n) is 14.1. The summed E-state index contributed by atoms with van der Waals surface area (Å²) >= 11 is 0. The van der Waals surface area contributed by atoms with Crippen molar-refractivity contribution >= 4 is 12.0 Å². The highest BCUT2D eigenvalue weighted by Crippen LogP contribution is 2.66. The van der Waals surface area contributed by atoms with Crippen LogP contribution in [0.25, 0.3) is 6.08 Å². The van der Waals surface area contributed by atoms with Gasteiger partial charge in [0, 0.05) is 37.4 Å². The van der Waals surface area contributed by atoms with E-state index >= 15 is 0 Å². The molecular formula is C31H37N2O6+. The van der Waals surface area contributed by atoms with Crippen molar-refractivity contribution in [2.24, 2.45) is 5.92 Å². The Balaban J connectivity index is 1.25. The monoisotopic (exact) mass is 533 g/mol. The van der Waals surface area contributed by atoms with Gasteiger partial charge in [0.1, 0.15) is 30.5 Å². The molecule has 2 aliphatic heterocycles. The van der Waals surface area contributed by atoms with Crippen LogP contribution in [0.1, 0.15) is 48.8 Å². The van der Waals surface area contributed by atoms with Gasteiger partial charge < -0.3 is 24.6 Å². The van der Waals surface area contributed by atoms with Crippen LogP contribution in [0, 0.1) is 5.92 Å². The zero-order valence-corrected chi connectivity index (χ0v) is 22.5. The van der Waals surface area contributed by atoms with E-state index in [1.54, 1.807) is 37.3 Å². The number of quaternary nitrogens is 1. The number of piperidine rings is 1. The molecule has 206 valence electrons. The molecule has 3 aliphatic carbocycles. The van der Waals surface area contributed by atoms with Gasteiger partial charge in [-0.15, -0.1) is 0 Å². The van der Waals surface area contributed by atoms with Crippen LogP contribution in [0.5, 0.6) is 17.2 Å². The molecule has 0 aromatic heterocycles. The summed E-state index contributed by atoms with van der Waals surface area (Å²) in [5, 5.41) is 35.5. The molecule has 0 radical (unpaired) electrons. The lowest BCUT2D eigenvalue weighted by atomic mass is 9.48. The number of carbonyl (C=O) groups is 1. The minimum atomic E-state index is -1.19. The van der Waals surface area contributed by atoms with Crippen LogP contribution < -0.4 is 9.47 Å². The number of hydrogen-bond donors (Lipinski definition) is 3. The summed E-state index contributed by atoms with van der Waals surface area (Å²) in [6, 6.07) is 10.5. The molecule has 8 nitrogen and oxygen atoms in total. The van der Waals surface area contributed by atoms with E-state index in [-0.39, 0.29) is 28.4 Å². The number of likely N-dealkylation sites (N-methyl/N-ethyl adjacent to an activating group) is 1. The molecule has 3 N–H and O–H groups in total. The lowest BCUT2D eigenvalue weighted by molar-refractivity contribution is -1.13. The second-order valence-corrected chi connectivity index (χ2v) is 12.4. The van der Waals surface area contributed by atoms with Crippen LogP contribution in [0.4, 0.5) is 0 Å². The summed E-state index contributed by atoms with van der Waals surface area (Å²) in [7, 11) is 3.40. The molecule has 5 aliphatic rings. The maximum Gasteiger partial charge on any atom is 0.246 e. The number of ether oxygens (including phenoxy) is 2. The Kier molecular flexibility index (Phi) is 5.41. The Bertz CT molecular complexity index is 1370. The van der Waals surface area contributed by atoms with Gasteiger partial charge in [-0.25, -0.2) is 5.21 Å². The molecule has 1 unspecified atom stereocenters. The van der Waals surface area contributed by atoms with Crippen LogP contribution in [-0.2, 0) is 16.6 Å². The molecule has 1 saturated heterocycles. The maximum absolute atomic E-state index is 13.4. The van der Waals surface area contributed by atoms with Crippen molar-refractivity contribution in [2.75, 3.05) is 27.2 Å². The van der Waals surface area contributed by atoms with Gasteiger partial charge in [-0.1, -0.05) is 18.2 Å². The summed E-state index contributed by atoms with van der Waals surface area (Å²) in [5.41, 5.74) is 0.798. The highest BCUT2D eigenvalue weighted by Gasteiger charge is 2.77. The number of phenolic OH excluding ortho intramolecular Hbond substituents is 1. The number of carbonyl (C=O) groups excluding carboxylic acids is 1. The number of hydroxylamine groups is 3. The van der Waals surface area contributed by atoms with Crippen molar-refractivity contribution in [3.8, 4) is 17.2 Å². The third kappa shape index (κ3) is 3.44. The summed E-state index contributed by atoms with van der Waals surface area (Å²) in [5.74, 6) is 1.58. The summed E-state index contributed by atoms with van der Waals surface area (Å²) < 4.78 is 11.8. The van der Waals surface area contributed by atoms with Crippen LogP contribution >= 0.6 is 0 Å². The fourth-order valence-corrected chi connectivity index (χ4v) is 8.35. The molecule has 6 atom stereocenters. The second-order valence-electron chi connectivity index (χ2n) is 12.4. The average molecular weight is 534 g/mol. The molecule has 7 rings (SSSR count). The number of amides is 1. The smallest absolute Gasteiger partial charge is 0.246 e. The normalized spacial score (nSPS) is 35.8. The molecule has 2 saturated carbocycles. The van der Waals surface area contributed by atoms with Crippen molar-refractivity contribution < 1.29 is 34.3 Å². The van der Waals surface area contributed by atoms with E-state index in [1.165, 1.54) is 0 Å². The Labute approximate surface area is 228 Å². The van der Waals surface area contributed by atoms with E-state index in [0.717, 1.165) is 35.3 Å². The fraction of sp³-hybridized carbons (Fsp3) is 0.516. The predicted octanol–water partition coefficient (Wildman–Crippen LogP) is 3.41. The number of methoxy groups -OCH3 is 1. The lowest BCUT2D eigenvalue weighted by Gasteiger charge is -2.64. The number of likely N-dealkylation sites (tertiary alicyclic amines) is 1. The van der Waals surface area contributed by atoms with Gasteiger partial charge in [-0.3, -0.25) is 4.79 Å². The molecule has 2 aromatic rings. The van der Waals surface area contributed by atoms with Crippen LogP contribution in [0.15, 0.2) is 42.5 Å². The van der Waals surface area contributed by atoms with Crippen molar-refractivity contribution in [3.05, 3.63) is 59.2 Å². The van der Waals surface area contributed by atoms with E-state index in [0.29, 0.717) is 50.4 Å². The third-order valence-corrected chi connectivity index (χ3v) is 10.4. The Morgan fingerprint density at radius 2 is 2.05 bits per heavy atom. The minimum Gasteiger partial charge on any atom is -0.504 e. The lowest BCUT2D eigenvalue weighted by Crippen LogP contribution is -2.82. The molecule has 39 heavy (non-hydrogen) atoms. The number of aliphatic hydroxyl groups is 1. The molecular weight excluding hydrogens is 496 g/mol. The first kappa shape index (κ1) is 24.9. The maximum atomic E-state index is 13.4. The molecule has 2 heterocycles. The highest BCUT2D eigenvalue weighted by molar-refractivity contribution is 5.92. The Morgan fingerprint density at radius 3 is 2.82 bits per heavy atom. The summed E-state index contributed by atoms with van der Waals surface area (Å²) in [6.07, 6.45) is 7.17. The molecule has 2 aromatic carbocycles.